The quantitative estimate of drug-likeness (QED) is 0.496. The highest BCUT2D eigenvalue weighted by atomic mass is 16.6. The first kappa shape index (κ1) is 22.9. The number of aliphatic hydroxyl groups is 1. The number of aromatic nitrogens is 1. The van der Waals surface area contributed by atoms with E-state index < -0.39 is 11.6 Å². The zero-order valence-electron chi connectivity index (χ0n) is 19.3. The summed E-state index contributed by atoms with van der Waals surface area (Å²) < 4.78 is 6.81. The molecule has 2 heterocycles. The maximum absolute atomic E-state index is 13.4. The maximum atomic E-state index is 13.4. The molecule has 2 aromatic rings. The molecule has 3 unspecified atom stereocenters. The van der Waals surface area contributed by atoms with Crippen LogP contribution in [0.2, 0.25) is 0 Å². The van der Waals surface area contributed by atoms with Crippen LogP contribution in [0, 0.1) is 5.92 Å². The van der Waals surface area contributed by atoms with Gasteiger partial charge in [-0.2, -0.15) is 0 Å². The predicted octanol–water partition coefficient (Wildman–Crippen LogP) is 4.24. The molecule has 0 radical (unpaired) electrons. The van der Waals surface area contributed by atoms with Gasteiger partial charge in [-0.3, -0.25) is 4.98 Å². The van der Waals surface area contributed by atoms with E-state index in [1.54, 1.807) is 0 Å². The molecule has 1 aromatic heterocycles. The first-order chi connectivity index (χ1) is 15.5. The number of hydrogen-bond donors (Lipinski definition) is 1. The normalized spacial score (nSPS) is 25.9. The summed E-state index contributed by atoms with van der Waals surface area (Å²) >= 11 is 0. The number of carbonyl (C=O) groups excluding carboxylic acids is 1. The average Bonchev–Trinajstić information content (AvgIpc) is 3.23. The first-order valence-corrected chi connectivity index (χ1v) is 12.2. The molecule has 32 heavy (non-hydrogen) atoms. The molecule has 3 atom stereocenters. The van der Waals surface area contributed by atoms with Crippen LogP contribution in [0.4, 0.5) is 0 Å². The van der Waals surface area contributed by atoms with Crippen molar-refractivity contribution in [3.63, 3.8) is 0 Å². The van der Waals surface area contributed by atoms with Gasteiger partial charge in [-0.25, -0.2) is 4.79 Å². The number of benzene rings is 1. The van der Waals surface area contributed by atoms with Crippen LogP contribution in [0.5, 0.6) is 0 Å². The average molecular weight is 438 g/mol. The smallest absolute Gasteiger partial charge is 0.343 e. The van der Waals surface area contributed by atoms with E-state index in [-0.39, 0.29) is 12.0 Å². The molecule has 1 aliphatic carbocycles. The Morgan fingerprint density at radius 1 is 1.06 bits per heavy atom. The van der Waals surface area contributed by atoms with Crippen molar-refractivity contribution >= 4 is 5.97 Å². The van der Waals surface area contributed by atoms with E-state index in [0.29, 0.717) is 12.2 Å². The van der Waals surface area contributed by atoms with E-state index in [0.717, 1.165) is 68.2 Å². The Balaban J connectivity index is 1.44. The molecule has 0 amide bonds. The highest BCUT2D eigenvalue weighted by molar-refractivity contribution is 5.81. The Bertz CT molecular complexity index is 869. The molecule has 1 aliphatic heterocycles. The number of hydrogen-bond acceptors (Lipinski definition) is 4. The lowest BCUT2D eigenvalue weighted by atomic mass is 9.73. The van der Waals surface area contributed by atoms with Crippen LogP contribution in [-0.2, 0) is 21.6 Å². The lowest BCUT2D eigenvalue weighted by Crippen LogP contribution is -2.52. The summed E-state index contributed by atoms with van der Waals surface area (Å²) in [6, 6.07) is 15.7. The van der Waals surface area contributed by atoms with Gasteiger partial charge in [0.1, 0.15) is 12.6 Å². The number of pyridine rings is 1. The van der Waals surface area contributed by atoms with Crippen molar-refractivity contribution in [1.82, 2.24) is 4.98 Å². The lowest BCUT2D eigenvalue weighted by Gasteiger charge is -2.39. The van der Waals surface area contributed by atoms with Gasteiger partial charge in [0.2, 0.25) is 0 Å². The van der Waals surface area contributed by atoms with E-state index in [9.17, 15) is 9.90 Å². The van der Waals surface area contributed by atoms with Crippen LogP contribution in [0.1, 0.15) is 56.2 Å². The topological polar surface area (TPSA) is 59.4 Å². The fourth-order valence-electron chi connectivity index (χ4n) is 5.67. The van der Waals surface area contributed by atoms with Crippen LogP contribution < -0.4 is 0 Å². The van der Waals surface area contributed by atoms with Gasteiger partial charge >= 0.3 is 5.97 Å². The van der Waals surface area contributed by atoms with Gasteiger partial charge in [0.25, 0.3) is 0 Å². The summed E-state index contributed by atoms with van der Waals surface area (Å²) in [5.74, 6) is -0.557. The van der Waals surface area contributed by atoms with Crippen molar-refractivity contribution in [2.24, 2.45) is 5.92 Å². The predicted molar refractivity (Wildman–Crippen MR) is 125 cm³/mol. The van der Waals surface area contributed by atoms with E-state index in [1.807, 2.05) is 48.7 Å². The number of esters is 1. The highest BCUT2D eigenvalue weighted by Crippen LogP contribution is 2.40. The number of likely N-dealkylation sites (N-methyl/N-ethyl adjacent to an activating group) is 1. The van der Waals surface area contributed by atoms with Gasteiger partial charge in [0.15, 0.2) is 5.60 Å². The second kappa shape index (κ2) is 10.1. The molecule has 0 spiro atoms. The Morgan fingerprint density at radius 2 is 1.81 bits per heavy atom. The molecule has 2 aliphatic rings. The van der Waals surface area contributed by atoms with Crippen molar-refractivity contribution in [1.29, 1.82) is 0 Å². The second-order valence-electron chi connectivity index (χ2n) is 9.86. The van der Waals surface area contributed by atoms with Gasteiger partial charge in [0.05, 0.1) is 20.1 Å². The van der Waals surface area contributed by atoms with Gasteiger partial charge in [-0.1, -0.05) is 55.7 Å². The Labute approximate surface area is 192 Å². The van der Waals surface area contributed by atoms with E-state index >= 15 is 0 Å². The summed E-state index contributed by atoms with van der Waals surface area (Å²) in [6.45, 7) is 2.42. The van der Waals surface area contributed by atoms with Crippen molar-refractivity contribution in [2.45, 2.75) is 63.0 Å². The molecular weight excluding hydrogens is 400 g/mol. The molecule has 5 nitrogen and oxygen atoms in total. The fraction of sp³-hybridized carbons (Fsp3) is 0.556. The number of carbonyl (C=O) groups is 1. The minimum absolute atomic E-state index is 0.0836. The molecule has 2 fully saturated rings. The minimum atomic E-state index is -1.56. The van der Waals surface area contributed by atoms with Crippen LogP contribution in [-0.4, -0.2) is 53.3 Å². The molecule has 0 bridgehead atoms. The fourth-order valence-corrected chi connectivity index (χ4v) is 5.67. The Kier molecular flexibility index (Phi) is 7.27. The first-order valence-electron chi connectivity index (χ1n) is 12.2. The van der Waals surface area contributed by atoms with Crippen LogP contribution >= 0.6 is 0 Å². The van der Waals surface area contributed by atoms with Gasteiger partial charge < -0.3 is 14.3 Å². The Morgan fingerprint density at radius 3 is 2.53 bits per heavy atom. The standard InChI is InChI=1S/C27H37N2O3/c1-29(20-17-24-15-8-9-18-28-24)19-10-16-25(29)21-32-26(30)27(31,22-11-4-2-5-12-22)23-13-6-3-7-14-23/h2,4-5,8-9,11-12,15,18,23,25,31H,3,6-7,10,13-14,16-17,19-21H2,1H3/q+1. The Hall–Kier alpha value is -2.24. The third kappa shape index (κ3) is 4.89. The van der Waals surface area contributed by atoms with Gasteiger partial charge in [-0.05, 0) is 30.5 Å². The van der Waals surface area contributed by atoms with Gasteiger partial charge in [-0.15, -0.1) is 0 Å². The van der Waals surface area contributed by atoms with Crippen LogP contribution in [0.25, 0.3) is 0 Å². The SMILES string of the molecule is C[N+]1(CCc2ccccn2)CCCC1COC(=O)C(O)(c1ccccc1)C1CCCCC1. The number of nitrogens with zero attached hydrogens (tertiary/aromatic N) is 2. The zero-order valence-corrected chi connectivity index (χ0v) is 19.3. The summed E-state index contributed by atoms with van der Waals surface area (Å²) in [6.07, 6.45) is 9.93. The van der Waals surface area contributed by atoms with E-state index in [4.69, 9.17) is 4.74 Å². The lowest BCUT2D eigenvalue weighted by molar-refractivity contribution is -0.921. The molecule has 172 valence electrons. The molecule has 1 aromatic carbocycles. The van der Waals surface area contributed by atoms with Crippen LogP contribution in [0.3, 0.4) is 0 Å². The van der Waals surface area contributed by atoms with E-state index in [1.165, 1.54) is 6.42 Å². The molecular formula is C27H37N2O3+. The second-order valence-corrected chi connectivity index (χ2v) is 9.86. The maximum Gasteiger partial charge on any atom is 0.343 e. The molecule has 1 saturated heterocycles. The zero-order chi connectivity index (χ0) is 22.4. The van der Waals surface area contributed by atoms with Crippen molar-refractivity contribution in [3.8, 4) is 0 Å². The molecule has 4 rings (SSSR count). The van der Waals surface area contributed by atoms with Crippen molar-refractivity contribution < 1.29 is 19.1 Å². The molecule has 1 saturated carbocycles. The highest BCUT2D eigenvalue weighted by Gasteiger charge is 2.48. The summed E-state index contributed by atoms with van der Waals surface area (Å²) in [5.41, 5.74) is 0.207. The third-order valence-corrected chi connectivity index (χ3v) is 7.82. The summed E-state index contributed by atoms with van der Waals surface area (Å²) in [7, 11) is 2.26. The molecule has 5 heteroatoms. The largest absolute Gasteiger partial charge is 0.457 e. The third-order valence-electron chi connectivity index (χ3n) is 7.82. The number of rotatable bonds is 8. The van der Waals surface area contributed by atoms with Gasteiger partial charge in [0, 0.05) is 37.1 Å². The minimum Gasteiger partial charge on any atom is -0.457 e. The van der Waals surface area contributed by atoms with Crippen LogP contribution in [0.15, 0.2) is 54.7 Å². The van der Waals surface area contributed by atoms with E-state index in [2.05, 4.69) is 18.1 Å². The monoisotopic (exact) mass is 437 g/mol. The number of quaternary nitrogens is 1. The van der Waals surface area contributed by atoms with Crippen molar-refractivity contribution in [3.05, 3.63) is 66.0 Å². The molecule has 1 N–H and O–H groups in total. The number of ether oxygens (including phenoxy) is 1. The van der Waals surface area contributed by atoms with Crippen molar-refractivity contribution in [2.75, 3.05) is 26.7 Å². The summed E-state index contributed by atoms with van der Waals surface area (Å²) in [4.78, 5) is 17.9. The summed E-state index contributed by atoms with van der Waals surface area (Å²) in [5, 5.41) is 11.7. The number of likely N-dealkylation sites (tertiary alicyclic amines) is 1.